The highest BCUT2D eigenvalue weighted by molar-refractivity contribution is 6.02. The highest BCUT2D eigenvalue weighted by Crippen LogP contribution is 2.24. The van der Waals surface area contributed by atoms with Gasteiger partial charge in [-0.15, -0.1) is 0 Å². The van der Waals surface area contributed by atoms with E-state index in [4.69, 9.17) is 10.5 Å². The van der Waals surface area contributed by atoms with Crippen LogP contribution >= 0.6 is 0 Å². The van der Waals surface area contributed by atoms with E-state index in [9.17, 15) is 0 Å². The summed E-state index contributed by atoms with van der Waals surface area (Å²) in [4.78, 5) is 8.69. The molecule has 0 unspecified atom stereocenters. The molecule has 0 radical (unpaired) electrons. The average Bonchev–Trinajstić information content (AvgIpc) is 2.39. The molecule has 1 fully saturated rings. The number of aliphatic imine (C=N–C) groups is 1. The Morgan fingerprint density at radius 2 is 2.18 bits per heavy atom. The Hall–Kier alpha value is -1.84. The van der Waals surface area contributed by atoms with Crippen molar-refractivity contribution in [3.8, 4) is 5.75 Å². The molecule has 90 valence electrons. The predicted molar refractivity (Wildman–Crippen MR) is 68.6 cm³/mol. The molecule has 0 aromatic carbocycles. The van der Waals surface area contributed by atoms with Crippen LogP contribution in [0.2, 0.25) is 0 Å². The van der Waals surface area contributed by atoms with Crippen molar-refractivity contribution in [1.82, 2.24) is 4.98 Å². The van der Waals surface area contributed by atoms with Gasteiger partial charge in [-0.3, -0.25) is 9.98 Å². The molecule has 1 heterocycles. The lowest BCUT2D eigenvalue weighted by atomic mass is 9.93. The molecule has 0 bridgehead atoms. The number of nitrogens with two attached hydrogens (primary N) is 1. The normalized spacial score (nSPS) is 20.8. The third-order valence-corrected chi connectivity index (χ3v) is 2.88. The molecule has 1 aromatic heterocycles. The first-order valence-corrected chi connectivity index (χ1v) is 5.81. The number of hydrogen-bond acceptors (Lipinski definition) is 4. The smallest absolute Gasteiger partial charge is 0.139 e. The van der Waals surface area contributed by atoms with Gasteiger partial charge in [-0.2, -0.15) is 0 Å². The van der Waals surface area contributed by atoms with Crippen molar-refractivity contribution in [1.29, 1.82) is 0 Å². The molecular weight excluding hydrogens is 214 g/mol. The second-order valence-electron chi connectivity index (χ2n) is 4.04. The largest absolute Gasteiger partial charge is 0.495 e. The Bertz CT molecular complexity index is 452. The fourth-order valence-corrected chi connectivity index (χ4v) is 1.96. The number of aromatic nitrogens is 1. The molecular formula is C13H17N3O. The number of ether oxygens (including phenoxy) is 1. The van der Waals surface area contributed by atoms with Crippen LogP contribution in [0.3, 0.4) is 0 Å². The van der Waals surface area contributed by atoms with Gasteiger partial charge in [0.05, 0.1) is 25.2 Å². The van der Waals surface area contributed by atoms with Crippen LogP contribution in [0, 0.1) is 0 Å². The van der Waals surface area contributed by atoms with Crippen LogP contribution < -0.4 is 10.5 Å². The summed E-state index contributed by atoms with van der Waals surface area (Å²) < 4.78 is 5.13. The highest BCUT2D eigenvalue weighted by atomic mass is 16.5. The molecule has 1 aliphatic carbocycles. The maximum absolute atomic E-state index is 5.62. The average molecular weight is 231 g/mol. The molecule has 2 N–H and O–H groups in total. The summed E-state index contributed by atoms with van der Waals surface area (Å²) in [5, 5.41) is 0. The summed E-state index contributed by atoms with van der Waals surface area (Å²) in [7, 11) is 1.62. The molecule has 1 saturated carbocycles. The second kappa shape index (κ2) is 5.48. The number of methoxy groups -OCH3 is 1. The van der Waals surface area contributed by atoms with E-state index >= 15 is 0 Å². The van der Waals surface area contributed by atoms with E-state index in [0.29, 0.717) is 0 Å². The molecule has 4 nitrogen and oxygen atoms in total. The zero-order valence-corrected chi connectivity index (χ0v) is 10.0. The van der Waals surface area contributed by atoms with Crippen molar-refractivity contribution in [2.24, 2.45) is 10.7 Å². The molecule has 1 aliphatic rings. The van der Waals surface area contributed by atoms with Crippen LogP contribution in [-0.4, -0.2) is 17.8 Å². The molecule has 0 amide bonds. The first kappa shape index (κ1) is 11.6. The van der Waals surface area contributed by atoms with Crippen molar-refractivity contribution in [2.45, 2.75) is 25.7 Å². The van der Waals surface area contributed by atoms with E-state index in [1.807, 2.05) is 6.07 Å². The number of hydrogen-bond donors (Lipinski definition) is 1. The highest BCUT2D eigenvalue weighted by Gasteiger charge is 2.12. The van der Waals surface area contributed by atoms with Crippen LogP contribution in [0.4, 0.5) is 5.69 Å². The fourth-order valence-electron chi connectivity index (χ4n) is 1.96. The predicted octanol–water partition coefficient (Wildman–Crippen LogP) is 2.58. The Kier molecular flexibility index (Phi) is 3.75. The minimum Gasteiger partial charge on any atom is -0.495 e. The Morgan fingerprint density at radius 3 is 2.94 bits per heavy atom. The van der Waals surface area contributed by atoms with Gasteiger partial charge >= 0.3 is 0 Å². The molecule has 4 heteroatoms. The second-order valence-corrected chi connectivity index (χ2v) is 4.04. The van der Waals surface area contributed by atoms with E-state index in [0.717, 1.165) is 35.6 Å². The number of allylic oxidation sites excluding steroid dienone is 1. The Balaban J connectivity index is 2.27. The summed E-state index contributed by atoms with van der Waals surface area (Å²) in [6.45, 7) is 0. The van der Waals surface area contributed by atoms with Crippen LogP contribution in [0.15, 0.2) is 35.2 Å². The minimum absolute atomic E-state index is 0.723. The Labute approximate surface area is 101 Å². The molecule has 0 aliphatic heterocycles. The lowest BCUT2D eigenvalue weighted by Gasteiger charge is -2.16. The van der Waals surface area contributed by atoms with Crippen LogP contribution in [0.25, 0.3) is 0 Å². The molecule has 17 heavy (non-hydrogen) atoms. The van der Waals surface area contributed by atoms with Gasteiger partial charge in [-0.25, -0.2) is 0 Å². The monoisotopic (exact) mass is 231 g/mol. The molecule has 1 aromatic rings. The zero-order chi connectivity index (χ0) is 12.1. The Morgan fingerprint density at radius 1 is 1.35 bits per heavy atom. The van der Waals surface area contributed by atoms with E-state index in [2.05, 4.69) is 9.98 Å². The lowest BCUT2D eigenvalue weighted by molar-refractivity contribution is 0.413. The third kappa shape index (κ3) is 2.84. The molecule has 0 spiro atoms. The SMILES string of the molecule is COc1cncc(N=C2CCCCC2=CN)c1. The van der Waals surface area contributed by atoms with Gasteiger partial charge in [0.25, 0.3) is 0 Å². The van der Waals surface area contributed by atoms with Gasteiger partial charge in [0, 0.05) is 11.8 Å². The maximum Gasteiger partial charge on any atom is 0.139 e. The van der Waals surface area contributed by atoms with Crippen molar-refractivity contribution in [2.75, 3.05) is 7.11 Å². The van der Waals surface area contributed by atoms with Gasteiger partial charge in [0.2, 0.25) is 0 Å². The van der Waals surface area contributed by atoms with Gasteiger partial charge in [-0.1, -0.05) is 0 Å². The van der Waals surface area contributed by atoms with Crippen molar-refractivity contribution in [3.63, 3.8) is 0 Å². The standard InChI is InChI=1S/C13H17N3O/c1-17-12-6-11(8-15-9-12)16-13-5-3-2-4-10(13)7-14/h6-9H,2-5,14H2,1H3. The van der Waals surface area contributed by atoms with Crippen molar-refractivity contribution >= 4 is 11.4 Å². The van der Waals surface area contributed by atoms with Crippen LogP contribution in [-0.2, 0) is 0 Å². The summed E-state index contributed by atoms with van der Waals surface area (Å²) in [6, 6.07) is 1.88. The summed E-state index contributed by atoms with van der Waals surface area (Å²) in [5.74, 6) is 0.723. The van der Waals surface area contributed by atoms with E-state index in [1.54, 1.807) is 25.7 Å². The third-order valence-electron chi connectivity index (χ3n) is 2.88. The fraction of sp³-hybridized carbons (Fsp3) is 0.385. The lowest BCUT2D eigenvalue weighted by Crippen LogP contribution is -2.10. The van der Waals surface area contributed by atoms with E-state index in [1.165, 1.54) is 12.8 Å². The number of pyridine rings is 1. The van der Waals surface area contributed by atoms with Crippen LogP contribution in [0.5, 0.6) is 5.75 Å². The van der Waals surface area contributed by atoms with Gasteiger partial charge in [0.15, 0.2) is 0 Å². The zero-order valence-electron chi connectivity index (χ0n) is 10.0. The quantitative estimate of drug-likeness (QED) is 0.851. The van der Waals surface area contributed by atoms with E-state index in [-0.39, 0.29) is 0 Å². The molecule has 0 saturated heterocycles. The van der Waals surface area contributed by atoms with Crippen molar-refractivity contribution in [3.05, 3.63) is 30.2 Å². The molecule has 0 atom stereocenters. The van der Waals surface area contributed by atoms with Crippen molar-refractivity contribution < 1.29 is 4.74 Å². The number of nitrogens with zero attached hydrogens (tertiary/aromatic N) is 2. The number of rotatable bonds is 2. The van der Waals surface area contributed by atoms with Gasteiger partial charge < -0.3 is 10.5 Å². The maximum atomic E-state index is 5.62. The first-order chi connectivity index (χ1) is 8.33. The topological polar surface area (TPSA) is 60.5 Å². The van der Waals surface area contributed by atoms with Crippen LogP contribution in [0.1, 0.15) is 25.7 Å². The van der Waals surface area contributed by atoms with E-state index < -0.39 is 0 Å². The molecule has 2 rings (SSSR count). The summed E-state index contributed by atoms with van der Waals surface area (Å²) in [5.41, 5.74) is 8.67. The summed E-state index contributed by atoms with van der Waals surface area (Å²) in [6.07, 6.45) is 9.45. The first-order valence-electron chi connectivity index (χ1n) is 5.81. The van der Waals surface area contributed by atoms with Gasteiger partial charge in [-0.05, 0) is 37.5 Å². The summed E-state index contributed by atoms with van der Waals surface area (Å²) >= 11 is 0. The minimum atomic E-state index is 0.723. The van der Waals surface area contributed by atoms with Gasteiger partial charge in [0.1, 0.15) is 5.75 Å².